The molecule has 0 saturated carbocycles. The van der Waals surface area contributed by atoms with E-state index < -0.39 is 0 Å². The molecule has 2 aliphatic rings. The van der Waals surface area contributed by atoms with E-state index in [9.17, 15) is 14.4 Å². The molecule has 0 unspecified atom stereocenters. The number of benzene rings is 1. The fourth-order valence-corrected chi connectivity index (χ4v) is 3.55. The summed E-state index contributed by atoms with van der Waals surface area (Å²) in [4.78, 5) is 38.7. The number of allylic oxidation sites excluding steroid dienone is 2. The molecule has 1 N–H and O–H groups in total. The van der Waals surface area contributed by atoms with Gasteiger partial charge in [0.25, 0.3) is 5.91 Å². The Morgan fingerprint density at radius 3 is 2.43 bits per heavy atom. The fraction of sp³-hybridized carbons (Fsp3) is 0.409. The van der Waals surface area contributed by atoms with Gasteiger partial charge in [0.1, 0.15) is 0 Å². The van der Waals surface area contributed by atoms with Crippen LogP contribution < -0.4 is 5.32 Å². The number of piperidine rings is 1. The van der Waals surface area contributed by atoms with Crippen molar-refractivity contribution in [1.82, 2.24) is 10.2 Å². The molecule has 1 aliphatic carbocycles. The van der Waals surface area contributed by atoms with Crippen molar-refractivity contribution in [2.24, 2.45) is 5.92 Å². The number of carbonyl (C=O) groups excluding carboxylic acids is 3. The maximum Gasteiger partial charge on any atom is 0.308 e. The van der Waals surface area contributed by atoms with Crippen LogP contribution >= 0.6 is 0 Å². The van der Waals surface area contributed by atoms with Gasteiger partial charge in [-0.05, 0) is 50.8 Å². The van der Waals surface area contributed by atoms with E-state index in [4.69, 9.17) is 4.74 Å². The van der Waals surface area contributed by atoms with E-state index in [0.29, 0.717) is 55.6 Å². The van der Waals surface area contributed by atoms with Gasteiger partial charge in [-0.25, -0.2) is 0 Å². The molecule has 0 bridgehead atoms. The van der Waals surface area contributed by atoms with Crippen molar-refractivity contribution in [1.29, 1.82) is 0 Å². The molecule has 1 heterocycles. The first kappa shape index (κ1) is 19.9. The first-order chi connectivity index (χ1) is 13.5. The summed E-state index contributed by atoms with van der Waals surface area (Å²) in [5.74, 6) is -0.528. The second kappa shape index (κ2) is 8.87. The summed E-state index contributed by atoms with van der Waals surface area (Å²) < 4.78 is 4.79. The summed E-state index contributed by atoms with van der Waals surface area (Å²) in [5, 5.41) is 2.89. The van der Waals surface area contributed by atoms with Crippen molar-refractivity contribution >= 4 is 17.8 Å². The average Bonchev–Trinajstić information content (AvgIpc) is 2.73. The zero-order chi connectivity index (χ0) is 20.1. The lowest BCUT2D eigenvalue weighted by Gasteiger charge is -2.31. The number of hydrogen-bond acceptors (Lipinski definition) is 4. The van der Waals surface area contributed by atoms with E-state index in [-0.39, 0.29) is 23.7 Å². The SMILES string of the molecule is COC(=O)C1CCN(C(=O)C2=CC(NC(=O)c3ccc(C)cc3)=CCC2)CC1. The minimum Gasteiger partial charge on any atom is -0.469 e. The molecule has 1 aliphatic heterocycles. The highest BCUT2D eigenvalue weighted by atomic mass is 16.5. The number of esters is 1. The maximum atomic E-state index is 12.8. The Hall–Kier alpha value is -2.89. The molecule has 1 fully saturated rings. The monoisotopic (exact) mass is 382 g/mol. The zero-order valence-electron chi connectivity index (χ0n) is 16.4. The fourth-order valence-electron chi connectivity index (χ4n) is 3.55. The van der Waals surface area contributed by atoms with E-state index >= 15 is 0 Å². The summed E-state index contributed by atoms with van der Waals surface area (Å²) in [7, 11) is 1.39. The van der Waals surface area contributed by atoms with Crippen molar-refractivity contribution in [3.05, 3.63) is 58.8 Å². The molecule has 1 saturated heterocycles. The number of ether oxygens (including phenoxy) is 1. The van der Waals surface area contributed by atoms with Gasteiger partial charge in [0.15, 0.2) is 0 Å². The van der Waals surface area contributed by atoms with Gasteiger partial charge in [-0.2, -0.15) is 0 Å². The van der Waals surface area contributed by atoms with E-state index in [1.807, 2.05) is 25.1 Å². The topological polar surface area (TPSA) is 75.7 Å². The van der Waals surface area contributed by atoms with Crippen LogP contribution in [0.15, 0.2) is 47.7 Å². The Labute approximate surface area is 165 Å². The van der Waals surface area contributed by atoms with Crippen LogP contribution in [0.25, 0.3) is 0 Å². The summed E-state index contributed by atoms with van der Waals surface area (Å²) in [6.45, 7) is 3.06. The zero-order valence-corrected chi connectivity index (χ0v) is 16.4. The second-order valence-corrected chi connectivity index (χ2v) is 7.28. The number of hydrogen-bond donors (Lipinski definition) is 1. The number of likely N-dealkylation sites (tertiary alicyclic amines) is 1. The summed E-state index contributed by atoms with van der Waals surface area (Å²) >= 11 is 0. The third-order valence-corrected chi connectivity index (χ3v) is 5.27. The van der Waals surface area contributed by atoms with Gasteiger partial charge in [-0.3, -0.25) is 14.4 Å². The van der Waals surface area contributed by atoms with Gasteiger partial charge < -0.3 is 15.0 Å². The highest BCUT2D eigenvalue weighted by Crippen LogP contribution is 2.23. The van der Waals surface area contributed by atoms with E-state index in [1.165, 1.54) is 7.11 Å². The predicted octanol–water partition coefficient (Wildman–Crippen LogP) is 2.74. The summed E-state index contributed by atoms with van der Waals surface area (Å²) in [5.41, 5.74) is 3.03. The number of nitrogens with zero attached hydrogens (tertiary/aromatic N) is 1. The number of methoxy groups -OCH3 is 1. The molecular weight excluding hydrogens is 356 g/mol. The Balaban J connectivity index is 1.60. The molecule has 28 heavy (non-hydrogen) atoms. The molecule has 1 aromatic carbocycles. The number of rotatable bonds is 4. The van der Waals surface area contributed by atoms with Crippen molar-refractivity contribution in [3.8, 4) is 0 Å². The van der Waals surface area contributed by atoms with Crippen LogP contribution in [-0.2, 0) is 14.3 Å². The molecule has 1 aromatic rings. The minimum absolute atomic E-state index is 0.0153. The smallest absolute Gasteiger partial charge is 0.308 e. The molecular formula is C22H26N2O4. The quantitative estimate of drug-likeness (QED) is 0.813. The number of aryl methyl sites for hydroxylation is 1. The van der Waals surface area contributed by atoms with E-state index in [1.54, 1.807) is 23.1 Å². The average molecular weight is 382 g/mol. The molecule has 0 aromatic heterocycles. The molecule has 148 valence electrons. The maximum absolute atomic E-state index is 12.8. The third kappa shape index (κ3) is 4.68. The van der Waals surface area contributed by atoms with Crippen LogP contribution in [0.4, 0.5) is 0 Å². The van der Waals surface area contributed by atoms with Crippen LogP contribution in [0.1, 0.15) is 41.6 Å². The van der Waals surface area contributed by atoms with Gasteiger partial charge in [-0.15, -0.1) is 0 Å². The van der Waals surface area contributed by atoms with Crippen molar-refractivity contribution in [2.45, 2.75) is 32.6 Å². The predicted molar refractivity (Wildman–Crippen MR) is 105 cm³/mol. The van der Waals surface area contributed by atoms with Gasteiger partial charge >= 0.3 is 5.97 Å². The number of amides is 2. The highest BCUT2D eigenvalue weighted by Gasteiger charge is 2.29. The highest BCUT2D eigenvalue weighted by molar-refractivity contribution is 5.97. The Bertz CT molecular complexity index is 815. The van der Waals surface area contributed by atoms with Crippen molar-refractivity contribution in [3.63, 3.8) is 0 Å². The van der Waals surface area contributed by atoms with Crippen molar-refractivity contribution in [2.75, 3.05) is 20.2 Å². The summed E-state index contributed by atoms with van der Waals surface area (Å²) in [6, 6.07) is 7.37. The van der Waals surface area contributed by atoms with Crippen LogP contribution in [0.3, 0.4) is 0 Å². The van der Waals surface area contributed by atoms with Crippen molar-refractivity contribution < 1.29 is 19.1 Å². The number of carbonyl (C=O) groups is 3. The van der Waals surface area contributed by atoms with Crippen LogP contribution in [0, 0.1) is 12.8 Å². The molecule has 2 amide bonds. The van der Waals surface area contributed by atoms with Gasteiger partial charge in [-0.1, -0.05) is 23.8 Å². The largest absolute Gasteiger partial charge is 0.469 e. The third-order valence-electron chi connectivity index (χ3n) is 5.27. The Morgan fingerprint density at radius 1 is 1.11 bits per heavy atom. The minimum atomic E-state index is -0.201. The standard InChI is InChI=1S/C22H26N2O4/c1-15-6-8-16(9-7-15)20(25)23-19-5-3-4-18(14-19)21(26)24-12-10-17(11-13-24)22(27)28-2/h5-9,14,17H,3-4,10-13H2,1-2H3,(H,23,25). The molecule has 0 spiro atoms. The lowest BCUT2D eigenvalue weighted by Crippen LogP contribution is -2.41. The first-order valence-electron chi connectivity index (χ1n) is 9.64. The van der Waals surface area contributed by atoms with Gasteiger partial charge in [0, 0.05) is 29.9 Å². The molecule has 0 radical (unpaired) electrons. The number of nitrogens with one attached hydrogen (secondary N) is 1. The first-order valence-corrected chi connectivity index (χ1v) is 9.64. The Kier molecular flexibility index (Phi) is 6.29. The van der Waals surface area contributed by atoms with Crippen LogP contribution in [0.2, 0.25) is 0 Å². The van der Waals surface area contributed by atoms with Gasteiger partial charge in [0.2, 0.25) is 5.91 Å². The Morgan fingerprint density at radius 2 is 1.79 bits per heavy atom. The molecule has 6 heteroatoms. The molecule has 3 rings (SSSR count). The van der Waals surface area contributed by atoms with Gasteiger partial charge in [0.05, 0.1) is 13.0 Å². The normalized spacial score (nSPS) is 17.4. The van der Waals surface area contributed by atoms with E-state index in [2.05, 4.69) is 5.32 Å². The second-order valence-electron chi connectivity index (χ2n) is 7.28. The molecule has 6 nitrogen and oxygen atoms in total. The lowest BCUT2D eigenvalue weighted by molar-refractivity contribution is -0.148. The molecule has 0 atom stereocenters. The van der Waals surface area contributed by atoms with Crippen LogP contribution in [0.5, 0.6) is 0 Å². The van der Waals surface area contributed by atoms with Crippen LogP contribution in [-0.4, -0.2) is 42.9 Å². The van der Waals surface area contributed by atoms with E-state index in [0.717, 1.165) is 5.56 Å². The summed E-state index contributed by atoms with van der Waals surface area (Å²) in [6.07, 6.45) is 6.31. The lowest BCUT2D eigenvalue weighted by atomic mass is 9.95.